The van der Waals surface area contributed by atoms with Crippen LogP contribution < -0.4 is 5.73 Å². The lowest BCUT2D eigenvalue weighted by atomic mass is 10.1. The second kappa shape index (κ2) is 5.47. The van der Waals surface area contributed by atoms with E-state index in [1.54, 1.807) is 19.2 Å². The summed E-state index contributed by atoms with van der Waals surface area (Å²) in [6, 6.07) is 5.43. The molecule has 1 aromatic carbocycles. The molecule has 0 atom stereocenters. The summed E-state index contributed by atoms with van der Waals surface area (Å²) in [6.07, 6.45) is 2.39. The highest BCUT2D eigenvalue weighted by Gasteiger charge is 2.29. The molecule has 0 aromatic heterocycles. The first-order valence-electron chi connectivity index (χ1n) is 5.98. The molecule has 94 valence electrons. The van der Waals surface area contributed by atoms with Crippen molar-refractivity contribution >= 4 is 5.69 Å². The van der Waals surface area contributed by atoms with Crippen LogP contribution in [0.2, 0.25) is 0 Å². The van der Waals surface area contributed by atoms with Gasteiger partial charge >= 0.3 is 0 Å². The number of nitrogens with zero attached hydrogens (tertiary/aromatic N) is 1. The second-order valence-corrected chi connectivity index (χ2v) is 4.50. The van der Waals surface area contributed by atoms with Crippen molar-refractivity contribution in [2.75, 3.05) is 26.0 Å². The van der Waals surface area contributed by atoms with Crippen molar-refractivity contribution in [2.45, 2.75) is 25.4 Å². The van der Waals surface area contributed by atoms with Gasteiger partial charge in [0, 0.05) is 37.5 Å². The van der Waals surface area contributed by atoms with Crippen molar-refractivity contribution in [3.63, 3.8) is 0 Å². The van der Waals surface area contributed by atoms with E-state index < -0.39 is 0 Å². The fraction of sp³-hybridized carbons (Fsp3) is 0.538. The molecule has 0 aliphatic heterocycles. The van der Waals surface area contributed by atoms with Gasteiger partial charge in [0.2, 0.25) is 0 Å². The molecule has 0 spiro atoms. The Balaban J connectivity index is 2.06. The van der Waals surface area contributed by atoms with Gasteiger partial charge in [-0.25, -0.2) is 4.39 Å². The van der Waals surface area contributed by atoms with Gasteiger partial charge in [0.25, 0.3) is 0 Å². The van der Waals surface area contributed by atoms with Crippen molar-refractivity contribution < 1.29 is 9.13 Å². The standard InChI is InChI=1S/C13H19FN2O/c1-17-8-7-16(10-5-6-10)9-11-12(14)3-2-4-13(11)15/h2-4,10H,5-9,15H2,1H3. The Kier molecular flexibility index (Phi) is 3.97. The maximum atomic E-state index is 13.7. The maximum Gasteiger partial charge on any atom is 0.129 e. The van der Waals surface area contributed by atoms with E-state index >= 15 is 0 Å². The van der Waals surface area contributed by atoms with Crippen molar-refractivity contribution in [2.24, 2.45) is 0 Å². The SMILES string of the molecule is COCCN(Cc1c(N)cccc1F)C1CC1. The number of halogens is 1. The van der Waals surface area contributed by atoms with Crippen LogP contribution in [0.1, 0.15) is 18.4 Å². The first kappa shape index (κ1) is 12.3. The second-order valence-electron chi connectivity index (χ2n) is 4.50. The van der Waals surface area contributed by atoms with Gasteiger partial charge in [-0.1, -0.05) is 6.07 Å². The molecule has 0 bridgehead atoms. The molecule has 0 unspecified atom stereocenters. The smallest absolute Gasteiger partial charge is 0.129 e. The number of nitrogens with two attached hydrogens (primary N) is 1. The van der Waals surface area contributed by atoms with Crippen LogP contribution in [0.5, 0.6) is 0 Å². The number of methoxy groups -OCH3 is 1. The van der Waals surface area contributed by atoms with E-state index in [2.05, 4.69) is 4.90 Å². The van der Waals surface area contributed by atoms with Crippen LogP contribution in [0.4, 0.5) is 10.1 Å². The number of benzene rings is 1. The highest BCUT2D eigenvalue weighted by Crippen LogP contribution is 2.29. The van der Waals surface area contributed by atoms with E-state index in [0.717, 1.165) is 6.54 Å². The fourth-order valence-electron chi connectivity index (χ4n) is 1.98. The van der Waals surface area contributed by atoms with Crippen molar-refractivity contribution in [1.82, 2.24) is 4.90 Å². The van der Waals surface area contributed by atoms with E-state index in [1.807, 2.05) is 0 Å². The largest absolute Gasteiger partial charge is 0.398 e. The normalized spacial score (nSPS) is 15.5. The number of rotatable bonds is 6. The topological polar surface area (TPSA) is 38.5 Å². The van der Waals surface area contributed by atoms with Gasteiger partial charge in [0.1, 0.15) is 5.82 Å². The summed E-state index contributed by atoms with van der Waals surface area (Å²) < 4.78 is 18.8. The quantitative estimate of drug-likeness (QED) is 0.771. The molecule has 1 saturated carbocycles. The van der Waals surface area contributed by atoms with E-state index in [4.69, 9.17) is 10.5 Å². The molecule has 17 heavy (non-hydrogen) atoms. The first-order chi connectivity index (χ1) is 8.22. The Hall–Kier alpha value is -1.13. The zero-order valence-electron chi connectivity index (χ0n) is 10.2. The highest BCUT2D eigenvalue weighted by atomic mass is 19.1. The minimum Gasteiger partial charge on any atom is -0.398 e. The predicted octanol–water partition coefficient (Wildman–Crippen LogP) is 2.02. The lowest BCUT2D eigenvalue weighted by Gasteiger charge is -2.22. The fourth-order valence-corrected chi connectivity index (χ4v) is 1.98. The van der Waals surface area contributed by atoms with Crippen molar-refractivity contribution in [1.29, 1.82) is 0 Å². The van der Waals surface area contributed by atoms with Gasteiger partial charge in [0.15, 0.2) is 0 Å². The van der Waals surface area contributed by atoms with Crippen molar-refractivity contribution in [3.8, 4) is 0 Å². The molecule has 4 heteroatoms. The number of hydrogen-bond acceptors (Lipinski definition) is 3. The lowest BCUT2D eigenvalue weighted by molar-refractivity contribution is 0.139. The zero-order chi connectivity index (χ0) is 12.3. The van der Waals surface area contributed by atoms with Gasteiger partial charge < -0.3 is 10.5 Å². The minimum absolute atomic E-state index is 0.215. The van der Waals surface area contributed by atoms with Crippen LogP contribution in [-0.4, -0.2) is 31.2 Å². The third-order valence-electron chi connectivity index (χ3n) is 3.16. The van der Waals surface area contributed by atoms with Crippen LogP contribution in [0, 0.1) is 5.82 Å². The molecular weight excluding hydrogens is 219 g/mol. The summed E-state index contributed by atoms with van der Waals surface area (Å²) in [5.41, 5.74) is 6.96. The monoisotopic (exact) mass is 238 g/mol. The molecule has 1 aromatic rings. The lowest BCUT2D eigenvalue weighted by Crippen LogP contribution is -2.29. The molecule has 2 N–H and O–H groups in total. The Morgan fingerprint density at radius 2 is 2.24 bits per heavy atom. The molecular formula is C13H19FN2O. The summed E-state index contributed by atoms with van der Waals surface area (Å²) in [7, 11) is 1.68. The van der Waals surface area contributed by atoms with Crippen LogP contribution in [-0.2, 0) is 11.3 Å². The summed E-state index contributed by atoms with van der Waals surface area (Å²) >= 11 is 0. The molecule has 2 rings (SSSR count). The van der Waals surface area contributed by atoms with Crippen LogP contribution in [0.25, 0.3) is 0 Å². The average Bonchev–Trinajstić information content (AvgIpc) is 3.12. The molecule has 1 aliphatic rings. The Bertz CT molecular complexity index is 359. The molecule has 0 heterocycles. The van der Waals surface area contributed by atoms with Gasteiger partial charge in [-0.3, -0.25) is 4.90 Å². The molecule has 0 saturated heterocycles. The Morgan fingerprint density at radius 1 is 1.47 bits per heavy atom. The summed E-state index contributed by atoms with van der Waals surface area (Å²) in [5.74, 6) is -0.215. The van der Waals surface area contributed by atoms with Crippen LogP contribution >= 0.6 is 0 Å². The van der Waals surface area contributed by atoms with Gasteiger partial charge in [-0.05, 0) is 25.0 Å². The van der Waals surface area contributed by atoms with Crippen molar-refractivity contribution in [3.05, 3.63) is 29.6 Å². The molecule has 0 radical (unpaired) electrons. The van der Waals surface area contributed by atoms with E-state index in [1.165, 1.54) is 18.9 Å². The minimum atomic E-state index is -0.215. The maximum absolute atomic E-state index is 13.7. The summed E-state index contributed by atoms with van der Waals surface area (Å²) in [4.78, 5) is 2.25. The van der Waals surface area contributed by atoms with E-state index in [9.17, 15) is 4.39 Å². The van der Waals surface area contributed by atoms with E-state index in [0.29, 0.717) is 30.4 Å². The number of hydrogen-bond donors (Lipinski definition) is 1. The Labute approximate surface area is 101 Å². The summed E-state index contributed by atoms with van der Waals surface area (Å²) in [6.45, 7) is 2.08. The highest BCUT2D eigenvalue weighted by molar-refractivity contribution is 5.47. The molecule has 1 aliphatic carbocycles. The Morgan fingerprint density at radius 3 is 2.82 bits per heavy atom. The molecule has 0 amide bonds. The third-order valence-corrected chi connectivity index (χ3v) is 3.16. The van der Waals surface area contributed by atoms with Gasteiger partial charge in [-0.2, -0.15) is 0 Å². The number of nitrogen functional groups attached to an aromatic ring is 1. The third kappa shape index (κ3) is 3.17. The summed E-state index contributed by atoms with van der Waals surface area (Å²) in [5, 5.41) is 0. The van der Waals surface area contributed by atoms with E-state index in [-0.39, 0.29) is 5.82 Å². The first-order valence-corrected chi connectivity index (χ1v) is 5.98. The van der Waals surface area contributed by atoms with Crippen LogP contribution in [0.15, 0.2) is 18.2 Å². The van der Waals surface area contributed by atoms with Crippen LogP contribution in [0.3, 0.4) is 0 Å². The van der Waals surface area contributed by atoms with Gasteiger partial charge in [0.05, 0.1) is 6.61 Å². The molecule has 3 nitrogen and oxygen atoms in total. The predicted molar refractivity (Wildman–Crippen MR) is 66.1 cm³/mol. The number of ether oxygens (including phenoxy) is 1. The number of anilines is 1. The van der Waals surface area contributed by atoms with Gasteiger partial charge in [-0.15, -0.1) is 0 Å². The molecule has 1 fully saturated rings. The zero-order valence-corrected chi connectivity index (χ0v) is 10.2. The average molecular weight is 238 g/mol.